The van der Waals surface area contributed by atoms with E-state index < -0.39 is 0 Å². The van der Waals surface area contributed by atoms with Gasteiger partial charge >= 0.3 is 0 Å². The number of nitrogens with zero attached hydrogens (tertiary/aromatic N) is 2. The molecule has 1 heterocycles. The third kappa shape index (κ3) is 2.87. The predicted octanol–water partition coefficient (Wildman–Crippen LogP) is 0.927. The zero-order valence-electron chi connectivity index (χ0n) is 7.33. The van der Waals surface area contributed by atoms with Gasteiger partial charge in [0.15, 0.2) is 0 Å². The minimum absolute atomic E-state index is 0.295. The van der Waals surface area contributed by atoms with Gasteiger partial charge in [-0.3, -0.25) is 5.43 Å². The molecule has 0 saturated heterocycles. The van der Waals surface area contributed by atoms with E-state index in [4.69, 9.17) is 17.0 Å². The van der Waals surface area contributed by atoms with Crippen molar-refractivity contribution in [3.05, 3.63) is 10.7 Å². The van der Waals surface area contributed by atoms with Crippen LogP contribution in [0.15, 0.2) is 10.7 Å². The monoisotopic (exact) mass is 256 g/mol. The number of ether oxygens (including phenoxy) is 1. The average Bonchev–Trinajstić information content (AvgIpc) is 2.21. The van der Waals surface area contributed by atoms with Crippen molar-refractivity contribution in [3.63, 3.8) is 0 Å². The van der Waals surface area contributed by atoms with Crippen molar-refractivity contribution in [2.45, 2.75) is 6.42 Å². The summed E-state index contributed by atoms with van der Waals surface area (Å²) in [6.07, 6.45) is 7.16. The molecule has 74 valence electrons. The molecule has 3 N–H and O–H groups in total. The van der Waals surface area contributed by atoms with Gasteiger partial charge in [0.1, 0.15) is 6.61 Å². The number of rotatable bonds is 4. The number of nitrogens with two attached hydrogens (primary N) is 1. The Bertz CT molecular complexity index is 350. The molecular weight excluding hydrogens is 248 g/mol. The Morgan fingerprint density at radius 1 is 1.71 bits per heavy atom. The van der Waals surface area contributed by atoms with Gasteiger partial charge in [0.05, 0.1) is 10.7 Å². The standard InChI is InChI=1S/C8H9BrN4O/c1-2-3-4-14-7-6(9)5-11-8(12-7)13-10/h1,5H,3-4,10H2,(H,11,12,13). The highest BCUT2D eigenvalue weighted by molar-refractivity contribution is 9.10. The van der Waals surface area contributed by atoms with Gasteiger partial charge < -0.3 is 4.74 Å². The number of hydrogen-bond donors (Lipinski definition) is 2. The first-order valence-corrected chi connectivity index (χ1v) is 4.62. The molecule has 0 saturated carbocycles. The number of halogens is 1. The minimum Gasteiger partial charge on any atom is -0.476 e. The molecule has 0 unspecified atom stereocenters. The Balaban J connectivity index is 2.69. The summed E-state index contributed by atoms with van der Waals surface area (Å²) in [5, 5.41) is 0. The van der Waals surface area contributed by atoms with E-state index in [1.807, 2.05) is 0 Å². The third-order valence-electron chi connectivity index (χ3n) is 1.33. The van der Waals surface area contributed by atoms with Crippen LogP contribution >= 0.6 is 15.9 Å². The molecule has 0 fully saturated rings. The fraction of sp³-hybridized carbons (Fsp3) is 0.250. The molecule has 0 aliphatic rings. The maximum absolute atomic E-state index is 5.28. The number of nitrogen functional groups attached to an aromatic ring is 1. The Labute approximate surface area is 90.2 Å². The summed E-state index contributed by atoms with van der Waals surface area (Å²) < 4.78 is 5.94. The molecular formula is C8H9BrN4O. The van der Waals surface area contributed by atoms with Crippen LogP contribution < -0.4 is 16.0 Å². The lowest BCUT2D eigenvalue weighted by atomic mass is 10.5. The lowest BCUT2D eigenvalue weighted by Crippen LogP contribution is -2.11. The summed E-state index contributed by atoms with van der Waals surface area (Å²) in [5.74, 6) is 8.32. The van der Waals surface area contributed by atoms with Crippen molar-refractivity contribution in [3.8, 4) is 18.2 Å². The molecule has 1 aromatic rings. The highest BCUT2D eigenvalue weighted by Gasteiger charge is 2.04. The number of hydrazine groups is 1. The van der Waals surface area contributed by atoms with E-state index in [-0.39, 0.29) is 0 Å². The smallest absolute Gasteiger partial charge is 0.240 e. The average molecular weight is 257 g/mol. The lowest BCUT2D eigenvalue weighted by molar-refractivity contribution is 0.312. The summed E-state index contributed by atoms with van der Waals surface area (Å²) in [5.41, 5.74) is 2.32. The molecule has 0 atom stereocenters. The summed E-state index contributed by atoms with van der Waals surface area (Å²) in [6, 6.07) is 0. The zero-order chi connectivity index (χ0) is 10.4. The molecule has 0 radical (unpaired) electrons. The van der Waals surface area contributed by atoms with Crippen molar-refractivity contribution < 1.29 is 4.74 Å². The number of terminal acetylenes is 1. The number of anilines is 1. The molecule has 14 heavy (non-hydrogen) atoms. The van der Waals surface area contributed by atoms with Gasteiger partial charge in [-0.2, -0.15) is 4.98 Å². The normalized spacial score (nSPS) is 9.21. The van der Waals surface area contributed by atoms with Crippen LogP contribution in [-0.2, 0) is 0 Å². The van der Waals surface area contributed by atoms with Crippen LogP contribution in [0.25, 0.3) is 0 Å². The molecule has 0 aromatic carbocycles. The molecule has 0 aliphatic carbocycles. The first-order valence-electron chi connectivity index (χ1n) is 3.83. The Hall–Kier alpha value is -1.32. The minimum atomic E-state index is 0.295. The molecule has 0 bridgehead atoms. The van der Waals surface area contributed by atoms with Crippen LogP contribution in [0.2, 0.25) is 0 Å². The fourth-order valence-electron chi connectivity index (χ4n) is 0.729. The van der Waals surface area contributed by atoms with Crippen molar-refractivity contribution in [1.82, 2.24) is 9.97 Å². The summed E-state index contributed by atoms with van der Waals surface area (Å²) in [4.78, 5) is 7.85. The van der Waals surface area contributed by atoms with Crippen LogP contribution in [0.5, 0.6) is 5.88 Å². The van der Waals surface area contributed by atoms with Crippen LogP contribution in [0.3, 0.4) is 0 Å². The Morgan fingerprint density at radius 2 is 2.50 bits per heavy atom. The molecule has 1 aromatic heterocycles. The molecule has 0 spiro atoms. The van der Waals surface area contributed by atoms with E-state index in [9.17, 15) is 0 Å². The Kier molecular flexibility index (Phi) is 4.16. The molecule has 0 amide bonds. The quantitative estimate of drug-likeness (QED) is 0.363. The fourth-order valence-corrected chi connectivity index (χ4v) is 1.03. The predicted molar refractivity (Wildman–Crippen MR) is 56.5 cm³/mol. The van der Waals surface area contributed by atoms with Gasteiger partial charge in [0.2, 0.25) is 11.8 Å². The van der Waals surface area contributed by atoms with Crippen molar-refractivity contribution in [2.75, 3.05) is 12.0 Å². The van der Waals surface area contributed by atoms with Gasteiger partial charge in [0, 0.05) is 6.42 Å². The second-order valence-corrected chi connectivity index (χ2v) is 3.15. The topological polar surface area (TPSA) is 73.1 Å². The highest BCUT2D eigenvalue weighted by atomic mass is 79.9. The van der Waals surface area contributed by atoms with E-state index in [0.717, 1.165) is 0 Å². The first kappa shape index (κ1) is 10.8. The van der Waals surface area contributed by atoms with E-state index >= 15 is 0 Å². The van der Waals surface area contributed by atoms with Crippen LogP contribution in [-0.4, -0.2) is 16.6 Å². The van der Waals surface area contributed by atoms with Gasteiger partial charge in [0.25, 0.3) is 0 Å². The highest BCUT2D eigenvalue weighted by Crippen LogP contribution is 2.22. The van der Waals surface area contributed by atoms with E-state index in [1.54, 1.807) is 6.20 Å². The SMILES string of the molecule is C#CCCOc1nc(NN)ncc1Br. The van der Waals surface area contributed by atoms with Crippen LogP contribution in [0.4, 0.5) is 5.95 Å². The second-order valence-electron chi connectivity index (χ2n) is 2.29. The van der Waals surface area contributed by atoms with E-state index in [0.29, 0.717) is 29.3 Å². The Morgan fingerprint density at radius 3 is 3.14 bits per heavy atom. The summed E-state index contributed by atoms with van der Waals surface area (Å²) >= 11 is 3.24. The lowest BCUT2D eigenvalue weighted by Gasteiger charge is -2.06. The molecule has 1 rings (SSSR count). The summed E-state index contributed by atoms with van der Waals surface area (Å²) in [6.45, 7) is 0.413. The maximum atomic E-state index is 5.28. The largest absolute Gasteiger partial charge is 0.476 e. The molecule has 6 heteroatoms. The molecule has 0 aliphatic heterocycles. The maximum Gasteiger partial charge on any atom is 0.240 e. The van der Waals surface area contributed by atoms with Crippen LogP contribution in [0.1, 0.15) is 6.42 Å². The van der Waals surface area contributed by atoms with Gasteiger partial charge in [-0.05, 0) is 15.9 Å². The van der Waals surface area contributed by atoms with Crippen LogP contribution in [0, 0.1) is 12.3 Å². The summed E-state index contributed by atoms with van der Waals surface area (Å²) in [7, 11) is 0. The number of nitrogens with one attached hydrogen (secondary N) is 1. The molecule has 5 nitrogen and oxygen atoms in total. The van der Waals surface area contributed by atoms with E-state index in [2.05, 4.69) is 37.2 Å². The number of aromatic nitrogens is 2. The van der Waals surface area contributed by atoms with Crippen molar-refractivity contribution in [1.29, 1.82) is 0 Å². The van der Waals surface area contributed by atoms with Crippen molar-refractivity contribution in [2.24, 2.45) is 5.84 Å². The third-order valence-corrected chi connectivity index (χ3v) is 1.87. The van der Waals surface area contributed by atoms with Gasteiger partial charge in [-0.1, -0.05) is 0 Å². The van der Waals surface area contributed by atoms with E-state index in [1.165, 1.54) is 0 Å². The second kappa shape index (κ2) is 5.42. The number of hydrogen-bond acceptors (Lipinski definition) is 5. The van der Waals surface area contributed by atoms with Gasteiger partial charge in [-0.25, -0.2) is 10.8 Å². The zero-order valence-corrected chi connectivity index (χ0v) is 8.91. The van der Waals surface area contributed by atoms with Gasteiger partial charge in [-0.15, -0.1) is 12.3 Å². The first-order chi connectivity index (χ1) is 6.77. The van der Waals surface area contributed by atoms with Crippen molar-refractivity contribution >= 4 is 21.9 Å².